The van der Waals surface area contributed by atoms with Crippen LogP contribution in [0.3, 0.4) is 0 Å². The molecule has 19 heavy (non-hydrogen) atoms. The molecule has 0 heterocycles. The lowest BCUT2D eigenvalue weighted by Gasteiger charge is -2.22. The molecule has 0 aromatic carbocycles. The van der Waals surface area contributed by atoms with Gasteiger partial charge in [-0.3, -0.25) is 10.2 Å². The fraction of sp³-hybridized carbons (Fsp3) is 0.750. The summed E-state index contributed by atoms with van der Waals surface area (Å²) in [7, 11) is 0. The lowest BCUT2D eigenvalue weighted by molar-refractivity contribution is -0.128. The lowest BCUT2D eigenvalue weighted by Crippen LogP contribution is -2.34. The van der Waals surface area contributed by atoms with Crippen molar-refractivity contribution in [2.24, 2.45) is 16.5 Å². The number of carbonyl (C=O) groups excluding carboxylic acids is 1. The highest BCUT2D eigenvalue weighted by atomic mass is 32.2. The van der Waals surface area contributed by atoms with Crippen molar-refractivity contribution in [1.82, 2.24) is 4.90 Å². The van der Waals surface area contributed by atoms with Crippen LogP contribution in [-0.2, 0) is 4.79 Å². The van der Waals surface area contributed by atoms with Gasteiger partial charge in [0.15, 0.2) is 11.1 Å². The molecule has 0 aliphatic rings. The Kier molecular flexibility index (Phi) is 9.97. The number of amides is 1. The number of nitrogens with two attached hydrogens (primary N) is 2. The van der Waals surface area contributed by atoms with E-state index in [1.54, 1.807) is 0 Å². The minimum Gasteiger partial charge on any atom is -0.370 e. The first-order valence-electron chi connectivity index (χ1n) is 6.60. The van der Waals surface area contributed by atoms with E-state index in [0.717, 1.165) is 50.5 Å². The van der Waals surface area contributed by atoms with Crippen molar-refractivity contribution in [1.29, 1.82) is 5.41 Å². The summed E-state index contributed by atoms with van der Waals surface area (Å²) in [4.78, 5) is 17.5. The second-order valence-corrected chi connectivity index (χ2v) is 5.18. The van der Waals surface area contributed by atoms with E-state index >= 15 is 0 Å². The van der Waals surface area contributed by atoms with Crippen LogP contribution in [0, 0.1) is 5.41 Å². The average Bonchev–Trinajstić information content (AvgIpc) is 2.35. The zero-order valence-corrected chi connectivity index (χ0v) is 12.6. The van der Waals surface area contributed by atoms with Gasteiger partial charge in [-0.25, -0.2) is 0 Å². The number of carbonyl (C=O) groups is 1. The molecule has 0 rings (SSSR count). The highest BCUT2D eigenvalue weighted by Gasteiger charge is 2.13. The largest absolute Gasteiger partial charge is 0.370 e. The Bertz CT molecular complexity index is 307. The molecule has 0 aliphatic carbocycles. The van der Waals surface area contributed by atoms with Gasteiger partial charge in [0.25, 0.3) is 0 Å². The first kappa shape index (κ1) is 17.8. The molecule has 7 heteroatoms. The summed E-state index contributed by atoms with van der Waals surface area (Å²) in [5.74, 6) is 0.101. The third-order valence-electron chi connectivity index (χ3n) is 2.48. The summed E-state index contributed by atoms with van der Waals surface area (Å²) < 4.78 is 0. The van der Waals surface area contributed by atoms with Crippen molar-refractivity contribution in [3.05, 3.63) is 0 Å². The van der Waals surface area contributed by atoms with E-state index in [0.29, 0.717) is 0 Å². The van der Waals surface area contributed by atoms with E-state index in [4.69, 9.17) is 16.9 Å². The van der Waals surface area contributed by atoms with Crippen molar-refractivity contribution in [2.45, 2.75) is 39.5 Å². The fourth-order valence-corrected chi connectivity index (χ4v) is 2.04. The van der Waals surface area contributed by atoms with Gasteiger partial charge in [0.05, 0.1) is 5.75 Å². The molecular formula is C12H25N5OS. The monoisotopic (exact) mass is 287 g/mol. The topological polar surface area (TPSA) is 109 Å². The molecule has 5 N–H and O–H groups in total. The smallest absolute Gasteiger partial charge is 0.233 e. The molecule has 0 aromatic heterocycles. The molecule has 0 saturated carbocycles. The first-order chi connectivity index (χ1) is 9.01. The molecule has 0 aliphatic heterocycles. The summed E-state index contributed by atoms with van der Waals surface area (Å²) in [6.45, 7) is 5.77. The fourth-order valence-electron chi connectivity index (χ4n) is 1.43. The van der Waals surface area contributed by atoms with Gasteiger partial charge >= 0.3 is 0 Å². The van der Waals surface area contributed by atoms with Crippen LogP contribution in [0.25, 0.3) is 0 Å². The summed E-state index contributed by atoms with van der Waals surface area (Å²) >= 11 is 1.05. The van der Waals surface area contributed by atoms with Gasteiger partial charge in [0.1, 0.15) is 0 Å². The molecule has 0 radical (unpaired) electrons. The number of nitrogens with one attached hydrogen (secondary N) is 1. The third-order valence-corrected chi connectivity index (χ3v) is 3.23. The molecule has 110 valence electrons. The minimum atomic E-state index is -0.154. The van der Waals surface area contributed by atoms with Crippen LogP contribution in [0.15, 0.2) is 4.99 Å². The highest BCUT2D eigenvalue weighted by Crippen LogP contribution is 2.08. The summed E-state index contributed by atoms with van der Waals surface area (Å²) in [6, 6.07) is 0. The van der Waals surface area contributed by atoms with Crippen LogP contribution in [0.5, 0.6) is 0 Å². The molecule has 0 aromatic rings. The number of thioether (sulfide) groups is 1. The van der Waals surface area contributed by atoms with Crippen LogP contribution in [-0.4, -0.2) is 40.8 Å². The maximum absolute atomic E-state index is 12.0. The minimum absolute atomic E-state index is 0.0284. The number of nitrogens with zero attached hydrogens (tertiary/aromatic N) is 2. The zero-order valence-electron chi connectivity index (χ0n) is 11.8. The molecule has 0 fully saturated rings. The molecular weight excluding hydrogens is 262 g/mol. The SMILES string of the molecule is CCCCN(CCCC)C(=O)CSC(=N)N=C(N)N. The Morgan fingerprint density at radius 1 is 1.21 bits per heavy atom. The number of rotatable bonds is 8. The van der Waals surface area contributed by atoms with Crippen molar-refractivity contribution >= 4 is 28.8 Å². The van der Waals surface area contributed by atoms with Gasteiger partial charge in [-0.2, -0.15) is 4.99 Å². The van der Waals surface area contributed by atoms with E-state index in [1.807, 2.05) is 4.90 Å². The zero-order chi connectivity index (χ0) is 14.7. The number of amidine groups is 1. The van der Waals surface area contributed by atoms with E-state index in [9.17, 15) is 4.79 Å². The molecule has 0 spiro atoms. The number of guanidine groups is 1. The highest BCUT2D eigenvalue weighted by molar-refractivity contribution is 8.14. The molecule has 1 amide bonds. The maximum atomic E-state index is 12.0. The van der Waals surface area contributed by atoms with Crippen molar-refractivity contribution < 1.29 is 4.79 Å². The van der Waals surface area contributed by atoms with Crippen LogP contribution >= 0.6 is 11.8 Å². The Balaban J connectivity index is 4.22. The van der Waals surface area contributed by atoms with Gasteiger partial charge < -0.3 is 16.4 Å². The first-order valence-corrected chi connectivity index (χ1v) is 7.58. The van der Waals surface area contributed by atoms with Gasteiger partial charge in [0, 0.05) is 13.1 Å². The van der Waals surface area contributed by atoms with Crippen molar-refractivity contribution in [3.63, 3.8) is 0 Å². The van der Waals surface area contributed by atoms with Crippen LogP contribution in [0.2, 0.25) is 0 Å². The Morgan fingerprint density at radius 2 is 1.74 bits per heavy atom. The number of unbranched alkanes of at least 4 members (excludes halogenated alkanes) is 2. The van der Waals surface area contributed by atoms with E-state index in [-0.39, 0.29) is 22.8 Å². The van der Waals surface area contributed by atoms with Crippen molar-refractivity contribution in [3.8, 4) is 0 Å². The Hall–Kier alpha value is -1.24. The molecule has 6 nitrogen and oxygen atoms in total. The predicted octanol–water partition coefficient (Wildman–Crippen LogP) is 1.36. The van der Waals surface area contributed by atoms with E-state index in [2.05, 4.69) is 18.8 Å². The van der Waals surface area contributed by atoms with Crippen LogP contribution < -0.4 is 11.5 Å². The quantitative estimate of drug-likeness (QED) is 0.462. The summed E-state index contributed by atoms with van der Waals surface area (Å²) in [5.41, 5.74) is 10.3. The van der Waals surface area contributed by atoms with Crippen molar-refractivity contribution in [2.75, 3.05) is 18.8 Å². The molecule has 0 bridgehead atoms. The Morgan fingerprint density at radius 3 is 2.16 bits per heavy atom. The number of aliphatic imine (C=N–C) groups is 1. The second-order valence-electron chi connectivity index (χ2n) is 4.22. The lowest BCUT2D eigenvalue weighted by atomic mass is 10.2. The summed E-state index contributed by atoms with van der Waals surface area (Å²) in [6.07, 6.45) is 4.14. The normalized spacial score (nSPS) is 10.0. The number of hydrogen-bond acceptors (Lipinski definition) is 3. The van der Waals surface area contributed by atoms with Crippen LogP contribution in [0.1, 0.15) is 39.5 Å². The van der Waals surface area contributed by atoms with Gasteiger partial charge in [-0.1, -0.05) is 38.5 Å². The second kappa shape index (κ2) is 10.7. The molecule has 0 unspecified atom stereocenters. The number of hydrogen-bond donors (Lipinski definition) is 3. The van der Waals surface area contributed by atoms with E-state index < -0.39 is 0 Å². The maximum Gasteiger partial charge on any atom is 0.233 e. The van der Waals surface area contributed by atoms with Gasteiger partial charge in [-0.05, 0) is 12.8 Å². The molecule has 0 atom stereocenters. The van der Waals surface area contributed by atoms with Crippen LogP contribution in [0.4, 0.5) is 0 Å². The predicted molar refractivity (Wildman–Crippen MR) is 82.4 cm³/mol. The standard InChI is InChI=1S/C12H25N5OS/c1-3-5-7-17(8-6-4-2)10(18)9-19-12(15)16-11(13)14/h3-9H2,1-2H3,(H5,13,14,15,16). The van der Waals surface area contributed by atoms with Gasteiger partial charge in [-0.15, -0.1) is 0 Å². The Labute approximate surface area is 119 Å². The van der Waals surface area contributed by atoms with Gasteiger partial charge in [0.2, 0.25) is 5.91 Å². The average molecular weight is 287 g/mol. The third kappa shape index (κ3) is 9.35. The van der Waals surface area contributed by atoms with E-state index in [1.165, 1.54) is 0 Å². The summed E-state index contributed by atoms with van der Waals surface area (Å²) in [5, 5.41) is 7.45. The molecule has 0 saturated heterocycles.